The number of anilines is 1. The maximum absolute atomic E-state index is 12.2. The fraction of sp³-hybridized carbons (Fsp3) is 0.600. The number of hydrogen-bond acceptors (Lipinski definition) is 4. The summed E-state index contributed by atoms with van der Waals surface area (Å²) in [7, 11) is 1.79. The number of rotatable bonds is 8. The normalized spacial score (nSPS) is 14.1. The molecule has 1 saturated carbocycles. The molecule has 0 spiro atoms. The van der Waals surface area contributed by atoms with Crippen LogP contribution in [0.4, 0.5) is 5.82 Å². The molecule has 0 radical (unpaired) electrons. The lowest BCUT2D eigenvalue weighted by Gasteiger charge is -2.17. The van der Waals surface area contributed by atoms with Crippen LogP contribution in [0.5, 0.6) is 0 Å². The van der Waals surface area contributed by atoms with E-state index in [-0.39, 0.29) is 5.91 Å². The number of carbonyl (C=O) groups is 1. The number of amides is 1. The third-order valence-electron chi connectivity index (χ3n) is 3.34. The zero-order chi connectivity index (χ0) is 14.4. The average molecular weight is 277 g/mol. The first-order chi connectivity index (χ1) is 9.70. The first kappa shape index (κ1) is 14.8. The number of aromatic nitrogens is 1. The summed E-state index contributed by atoms with van der Waals surface area (Å²) in [6, 6.07) is 3.63. The van der Waals surface area contributed by atoms with E-state index < -0.39 is 0 Å². The minimum absolute atomic E-state index is 0.0180. The van der Waals surface area contributed by atoms with Crippen LogP contribution >= 0.6 is 0 Å². The van der Waals surface area contributed by atoms with Gasteiger partial charge in [0.1, 0.15) is 5.82 Å². The first-order valence-electron chi connectivity index (χ1n) is 7.24. The molecular weight excluding hydrogens is 254 g/mol. The van der Waals surface area contributed by atoms with Gasteiger partial charge in [-0.1, -0.05) is 0 Å². The molecule has 1 N–H and O–H groups in total. The molecule has 0 saturated heterocycles. The molecule has 1 aromatic heterocycles. The lowest BCUT2D eigenvalue weighted by Crippen LogP contribution is -2.30. The monoisotopic (exact) mass is 277 g/mol. The van der Waals surface area contributed by atoms with Gasteiger partial charge in [0.05, 0.1) is 12.2 Å². The third-order valence-corrected chi connectivity index (χ3v) is 3.34. The van der Waals surface area contributed by atoms with Crippen molar-refractivity contribution < 1.29 is 9.53 Å². The minimum Gasteiger partial charge on any atom is -0.379 e. The van der Waals surface area contributed by atoms with Crippen LogP contribution in [-0.4, -0.2) is 49.1 Å². The molecule has 2 rings (SSSR count). The molecule has 0 bridgehead atoms. The van der Waals surface area contributed by atoms with E-state index in [9.17, 15) is 4.79 Å². The molecular formula is C15H23N3O2. The molecule has 110 valence electrons. The highest BCUT2D eigenvalue weighted by Crippen LogP contribution is 2.28. The summed E-state index contributed by atoms with van der Waals surface area (Å²) in [4.78, 5) is 18.1. The van der Waals surface area contributed by atoms with Gasteiger partial charge in [0.2, 0.25) is 0 Å². The molecule has 1 amide bonds. The zero-order valence-corrected chi connectivity index (χ0v) is 12.3. The Bertz CT molecular complexity index is 429. The van der Waals surface area contributed by atoms with Crippen molar-refractivity contribution in [1.82, 2.24) is 9.88 Å². The molecule has 0 aromatic carbocycles. The molecule has 1 aromatic rings. The van der Waals surface area contributed by atoms with Crippen molar-refractivity contribution >= 4 is 11.7 Å². The Labute approximate surface area is 120 Å². The van der Waals surface area contributed by atoms with E-state index in [1.807, 2.05) is 13.0 Å². The van der Waals surface area contributed by atoms with Crippen LogP contribution in [0.1, 0.15) is 30.1 Å². The Morgan fingerprint density at radius 1 is 1.50 bits per heavy atom. The van der Waals surface area contributed by atoms with Crippen LogP contribution in [0.2, 0.25) is 0 Å². The van der Waals surface area contributed by atoms with Gasteiger partial charge in [-0.2, -0.15) is 0 Å². The third kappa shape index (κ3) is 4.49. The molecule has 1 aliphatic carbocycles. The fourth-order valence-electron chi connectivity index (χ4n) is 1.86. The zero-order valence-electron chi connectivity index (χ0n) is 12.3. The summed E-state index contributed by atoms with van der Waals surface area (Å²) < 4.78 is 5.55. The summed E-state index contributed by atoms with van der Waals surface area (Å²) in [5, 5.41) is 3.11. The Morgan fingerprint density at radius 2 is 2.30 bits per heavy atom. The number of nitrogens with one attached hydrogen (secondary N) is 1. The second kappa shape index (κ2) is 7.24. The maximum atomic E-state index is 12.2. The highest BCUT2D eigenvalue weighted by atomic mass is 16.5. The van der Waals surface area contributed by atoms with Crippen LogP contribution in [0.25, 0.3) is 0 Å². The van der Waals surface area contributed by atoms with Gasteiger partial charge in [-0.3, -0.25) is 4.79 Å². The molecule has 0 aliphatic heterocycles. The van der Waals surface area contributed by atoms with Gasteiger partial charge in [-0.15, -0.1) is 0 Å². The summed E-state index contributed by atoms with van der Waals surface area (Å²) in [5.41, 5.74) is 0.608. The van der Waals surface area contributed by atoms with Gasteiger partial charge in [-0.25, -0.2) is 4.98 Å². The molecule has 1 fully saturated rings. The van der Waals surface area contributed by atoms with Crippen LogP contribution in [-0.2, 0) is 4.74 Å². The standard InChI is InChI=1S/C15H23N3O2/c1-3-16-14-7-6-13(10-17-14)15(19)18(2)8-9-20-11-12-4-5-12/h6-7,10,12H,3-5,8-9,11H2,1-2H3,(H,16,17). The largest absolute Gasteiger partial charge is 0.379 e. The van der Waals surface area contributed by atoms with Gasteiger partial charge in [0, 0.05) is 32.9 Å². The van der Waals surface area contributed by atoms with Gasteiger partial charge in [0.15, 0.2) is 0 Å². The molecule has 5 nitrogen and oxygen atoms in total. The van der Waals surface area contributed by atoms with E-state index in [4.69, 9.17) is 4.74 Å². The lowest BCUT2D eigenvalue weighted by atomic mass is 10.2. The highest BCUT2D eigenvalue weighted by molar-refractivity contribution is 5.93. The Balaban J connectivity index is 1.75. The molecule has 1 heterocycles. The number of carbonyl (C=O) groups excluding carboxylic acids is 1. The van der Waals surface area contributed by atoms with E-state index in [2.05, 4.69) is 10.3 Å². The van der Waals surface area contributed by atoms with Gasteiger partial charge in [0.25, 0.3) is 5.91 Å². The average Bonchev–Trinajstić information content (AvgIpc) is 3.28. The second-order valence-electron chi connectivity index (χ2n) is 5.21. The van der Waals surface area contributed by atoms with E-state index in [0.717, 1.165) is 24.9 Å². The van der Waals surface area contributed by atoms with Crippen molar-refractivity contribution in [2.75, 3.05) is 38.7 Å². The Morgan fingerprint density at radius 3 is 2.90 bits per heavy atom. The van der Waals surface area contributed by atoms with Crippen molar-refractivity contribution in [3.63, 3.8) is 0 Å². The minimum atomic E-state index is -0.0180. The van der Waals surface area contributed by atoms with E-state index >= 15 is 0 Å². The van der Waals surface area contributed by atoms with Crippen LogP contribution in [0.15, 0.2) is 18.3 Å². The highest BCUT2D eigenvalue weighted by Gasteiger charge is 2.21. The quantitative estimate of drug-likeness (QED) is 0.739. The molecule has 1 aliphatic rings. The summed E-state index contributed by atoms with van der Waals surface area (Å²) in [6.45, 7) is 4.87. The number of hydrogen-bond donors (Lipinski definition) is 1. The number of nitrogens with zero attached hydrogens (tertiary/aromatic N) is 2. The van der Waals surface area contributed by atoms with E-state index in [1.165, 1.54) is 12.8 Å². The van der Waals surface area contributed by atoms with Crippen molar-refractivity contribution in [2.45, 2.75) is 19.8 Å². The van der Waals surface area contributed by atoms with Crippen molar-refractivity contribution in [2.24, 2.45) is 5.92 Å². The van der Waals surface area contributed by atoms with E-state index in [0.29, 0.717) is 18.7 Å². The van der Waals surface area contributed by atoms with Gasteiger partial charge in [-0.05, 0) is 37.8 Å². The van der Waals surface area contributed by atoms with Gasteiger partial charge < -0.3 is 15.0 Å². The molecule has 0 unspecified atom stereocenters. The first-order valence-corrected chi connectivity index (χ1v) is 7.24. The van der Waals surface area contributed by atoms with Crippen LogP contribution in [0.3, 0.4) is 0 Å². The summed E-state index contributed by atoms with van der Waals surface area (Å²) in [6.07, 6.45) is 4.19. The number of ether oxygens (including phenoxy) is 1. The summed E-state index contributed by atoms with van der Waals surface area (Å²) in [5.74, 6) is 1.54. The lowest BCUT2D eigenvalue weighted by molar-refractivity contribution is 0.0681. The molecule has 0 atom stereocenters. The predicted molar refractivity (Wildman–Crippen MR) is 78.9 cm³/mol. The smallest absolute Gasteiger partial charge is 0.255 e. The van der Waals surface area contributed by atoms with Crippen molar-refractivity contribution in [1.29, 1.82) is 0 Å². The predicted octanol–water partition coefficient (Wildman–Crippen LogP) is 2.01. The Hall–Kier alpha value is -1.62. The fourth-order valence-corrected chi connectivity index (χ4v) is 1.86. The number of pyridine rings is 1. The summed E-state index contributed by atoms with van der Waals surface area (Å²) >= 11 is 0. The second-order valence-corrected chi connectivity index (χ2v) is 5.21. The van der Waals surface area contributed by atoms with E-state index in [1.54, 1.807) is 24.2 Å². The van der Waals surface area contributed by atoms with Crippen molar-refractivity contribution in [3.8, 4) is 0 Å². The Kier molecular flexibility index (Phi) is 5.35. The molecule has 5 heteroatoms. The SMILES string of the molecule is CCNc1ccc(C(=O)N(C)CCOCC2CC2)cn1. The van der Waals surface area contributed by atoms with Crippen molar-refractivity contribution in [3.05, 3.63) is 23.9 Å². The topological polar surface area (TPSA) is 54.5 Å². The van der Waals surface area contributed by atoms with Crippen LogP contribution < -0.4 is 5.32 Å². The molecule has 20 heavy (non-hydrogen) atoms. The maximum Gasteiger partial charge on any atom is 0.255 e. The van der Waals surface area contributed by atoms with Crippen LogP contribution in [0, 0.1) is 5.92 Å². The van der Waals surface area contributed by atoms with Gasteiger partial charge >= 0.3 is 0 Å². The number of likely N-dealkylation sites (N-methyl/N-ethyl adjacent to an activating group) is 1.